The summed E-state index contributed by atoms with van der Waals surface area (Å²) in [5.41, 5.74) is 20.1. The Morgan fingerprint density at radius 2 is 1.17 bits per heavy atom. The van der Waals surface area contributed by atoms with E-state index >= 15 is 0 Å². The number of carbonyl (C=O) groups excluding carboxylic acids is 2. The molecule has 0 rings (SSSR count). The molecule has 0 radical (unpaired) electrons. The van der Waals surface area contributed by atoms with Gasteiger partial charge in [-0.2, -0.15) is 0 Å². The van der Waals surface area contributed by atoms with Crippen LogP contribution in [-0.4, -0.2) is 74.6 Å². The summed E-state index contributed by atoms with van der Waals surface area (Å²) in [6.07, 6.45) is 0.396. The van der Waals surface area contributed by atoms with Crippen LogP contribution in [0.15, 0.2) is 0 Å². The zero-order chi connectivity index (χ0) is 23.6. The number of primary amides is 1. The smallest absolute Gasteiger partial charge is 0.372 e. The molecular weight excluding hydrogens is 396 g/mol. The van der Waals surface area contributed by atoms with Gasteiger partial charge in [-0.1, -0.05) is 0 Å². The second-order valence-electron chi connectivity index (χ2n) is 5.45. The number of carboxylic acid groups (broad SMARTS) is 4. The van der Waals surface area contributed by atoms with Gasteiger partial charge in [-0.3, -0.25) is 24.0 Å². The zero-order valence-corrected chi connectivity index (χ0v) is 15.7. The Balaban J connectivity index is -0.000000350. The van der Waals surface area contributed by atoms with Crippen molar-refractivity contribution in [2.45, 2.75) is 50.6 Å². The minimum atomic E-state index is -1.58. The molecule has 0 aromatic carbocycles. The van der Waals surface area contributed by atoms with E-state index in [0.717, 1.165) is 0 Å². The van der Waals surface area contributed by atoms with E-state index in [1.54, 1.807) is 0 Å². The Kier molecular flexibility index (Phi) is 19.3. The number of hydrogen-bond donors (Lipinski definition) is 8. The summed E-state index contributed by atoms with van der Waals surface area (Å²) in [7, 11) is 0. The van der Waals surface area contributed by atoms with E-state index in [1.165, 1.54) is 0 Å². The molecule has 0 fully saturated rings. The van der Waals surface area contributed by atoms with Gasteiger partial charge in [-0.05, 0) is 25.8 Å². The van der Waals surface area contributed by atoms with Crippen molar-refractivity contribution in [3.8, 4) is 0 Å². The first kappa shape index (κ1) is 30.6. The molecule has 2 unspecified atom stereocenters. The van der Waals surface area contributed by atoms with Crippen molar-refractivity contribution in [2.24, 2.45) is 22.9 Å². The molecule has 0 saturated carbocycles. The number of ketones is 1. The first-order valence-corrected chi connectivity index (χ1v) is 8.19. The molecule has 0 heterocycles. The molecule has 14 nitrogen and oxygen atoms in total. The predicted octanol–water partition coefficient (Wildman–Crippen LogP) is -2.69. The molecule has 0 bridgehead atoms. The van der Waals surface area contributed by atoms with E-state index in [0.29, 0.717) is 19.4 Å². The van der Waals surface area contributed by atoms with Crippen LogP contribution in [0.1, 0.15) is 38.5 Å². The highest BCUT2D eigenvalue weighted by Gasteiger charge is 2.12. The first-order chi connectivity index (χ1) is 13.3. The number of nitrogens with two attached hydrogens (primary N) is 4. The summed E-state index contributed by atoms with van der Waals surface area (Å²) in [6, 6.07) is -1.72. The molecule has 2 atom stereocenters. The van der Waals surface area contributed by atoms with Gasteiger partial charge in [0.05, 0.1) is 6.42 Å². The Bertz CT molecular complexity index is 567. The van der Waals surface area contributed by atoms with Crippen molar-refractivity contribution < 1.29 is 49.2 Å². The lowest BCUT2D eigenvalue weighted by atomic mass is 10.2. The van der Waals surface area contributed by atoms with E-state index in [4.69, 9.17) is 43.4 Å². The molecule has 29 heavy (non-hydrogen) atoms. The predicted molar refractivity (Wildman–Crippen MR) is 97.5 cm³/mol. The van der Waals surface area contributed by atoms with E-state index in [2.05, 4.69) is 0 Å². The molecule has 0 aliphatic heterocycles. The number of carbonyl (C=O) groups is 6. The maximum atomic E-state index is 10.2. The Morgan fingerprint density at radius 1 is 0.724 bits per heavy atom. The third-order valence-electron chi connectivity index (χ3n) is 2.86. The van der Waals surface area contributed by atoms with Crippen molar-refractivity contribution in [1.82, 2.24) is 0 Å². The van der Waals surface area contributed by atoms with Crippen molar-refractivity contribution in [3.63, 3.8) is 0 Å². The van der Waals surface area contributed by atoms with Gasteiger partial charge in [0.25, 0.3) is 0 Å². The van der Waals surface area contributed by atoms with Crippen LogP contribution in [-0.2, 0) is 28.8 Å². The zero-order valence-electron chi connectivity index (χ0n) is 15.7. The van der Waals surface area contributed by atoms with Gasteiger partial charge in [-0.15, -0.1) is 0 Å². The number of carboxylic acids is 4. The lowest BCUT2D eigenvalue weighted by Gasteiger charge is -2.02. The Morgan fingerprint density at radius 3 is 1.48 bits per heavy atom. The fraction of sp³-hybridized carbons (Fsp3) is 0.600. The largest absolute Gasteiger partial charge is 0.481 e. The lowest BCUT2D eigenvalue weighted by Crippen LogP contribution is -2.31. The van der Waals surface area contributed by atoms with E-state index < -0.39 is 60.5 Å². The molecule has 0 spiro atoms. The highest BCUT2D eigenvalue weighted by Crippen LogP contribution is 1.93. The number of amides is 1. The monoisotopic (exact) mass is 424 g/mol. The maximum absolute atomic E-state index is 10.2. The van der Waals surface area contributed by atoms with Gasteiger partial charge in [-0.25, -0.2) is 4.79 Å². The Labute approximate surface area is 165 Å². The number of rotatable bonds is 12. The second-order valence-corrected chi connectivity index (χ2v) is 5.45. The number of aliphatic carboxylic acids is 4. The van der Waals surface area contributed by atoms with Crippen LogP contribution in [0.5, 0.6) is 0 Å². The SMILES string of the molecule is NC(=O)CCC(N)C(=O)O.NCCCC(N)C(=O)O.O=C(O)CCC(=O)C(=O)O. The third kappa shape index (κ3) is 24.9. The highest BCUT2D eigenvalue weighted by molar-refractivity contribution is 6.32. The molecule has 0 aromatic heterocycles. The fourth-order valence-electron chi connectivity index (χ4n) is 1.21. The van der Waals surface area contributed by atoms with Crippen LogP contribution in [0.3, 0.4) is 0 Å². The molecule has 1 amide bonds. The van der Waals surface area contributed by atoms with Gasteiger partial charge in [0.15, 0.2) is 0 Å². The Hall–Kier alpha value is -3.10. The maximum Gasteiger partial charge on any atom is 0.372 e. The van der Waals surface area contributed by atoms with Crippen molar-refractivity contribution in [1.29, 1.82) is 0 Å². The van der Waals surface area contributed by atoms with Gasteiger partial charge in [0.1, 0.15) is 12.1 Å². The van der Waals surface area contributed by atoms with Gasteiger partial charge >= 0.3 is 23.9 Å². The second kappa shape index (κ2) is 18.3. The molecule has 0 saturated heterocycles. The van der Waals surface area contributed by atoms with Crippen LogP contribution in [0.4, 0.5) is 0 Å². The summed E-state index contributed by atoms with van der Waals surface area (Å²) in [6.45, 7) is 0.501. The minimum Gasteiger partial charge on any atom is -0.481 e. The van der Waals surface area contributed by atoms with Gasteiger partial charge < -0.3 is 43.4 Å². The molecule has 0 aliphatic carbocycles. The highest BCUT2D eigenvalue weighted by atomic mass is 16.4. The quantitative estimate of drug-likeness (QED) is 0.148. The van der Waals surface area contributed by atoms with Crippen LogP contribution in [0, 0.1) is 0 Å². The van der Waals surface area contributed by atoms with E-state index in [-0.39, 0.29) is 12.8 Å². The van der Waals surface area contributed by atoms with E-state index in [9.17, 15) is 28.8 Å². The average Bonchev–Trinajstić information content (AvgIpc) is 2.62. The minimum absolute atomic E-state index is 0.0213. The summed E-state index contributed by atoms with van der Waals surface area (Å²) < 4.78 is 0. The molecule has 14 heteroatoms. The van der Waals surface area contributed by atoms with Crippen LogP contribution < -0.4 is 22.9 Å². The van der Waals surface area contributed by atoms with Crippen molar-refractivity contribution >= 4 is 35.6 Å². The van der Waals surface area contributed by atoms with Gasteiger partial charge in [0, 0.05) is 12.8 Å². The van der Waals surface area contributed by atoms with Gasteiger partial charge in [0.2, 0.25) is 11.7 Å². The number of Topliss-reactive ketones (excluding diaryl/α,β-unsaturated/α-hetero) is 1. The van der Waals surface area contributed by atoms with E-state index in [1.807, 2.05) is 0 Å². The molecular formula is C15H28N4O10. The molecule has 12 N–H and O–H groups in total. The summed E-state index contributed by atoms with van der Waals surface area (Å²) in [5, 5.41) is 32.4. The fourth-order valence-corrected chi connectivity index (χ4v) is 1.21. The molecule has 0 aliphatic rings. The lowest BCUT2D eigenvalue weighted by molar-refractivity contribution is -0.150. The van der Waals surface area contributed by atoms with Crippen LogP contribution in [0.2, 0.25) is 0 Å². The summed E-state index contributed by atoms with van der Waals surface area (Å²) in [4.78, 5) is 59.9. The number of hydrogen-bond acceptors (Lipinski definition) is 9. The summed E-state index contributed by atoms with van der Waals surface area (Å²) in [5.74, 6) is -6.42. The van der Waals surface area contributed by atoms with Crippen molar-refractivity contribution in [2.75, 3.05) is 6.54 Å². The van der Waals surface area contributed by atoms with Crippen LogP contribution >= 0.6 is 0 Å². The summed E-state index contributed by atoms with van der Waals surface area (Å²) >= 11 is 0. The standard InChI is InChI=1S/C5H10N2O3.C5H12N2O2.C5H6O5/c6-3(5(9)10)1-2-4(7)8;6-3-1-2-4(7)5(8)9;6-3(5(9)10)1-2-4(7)8/h3H,1-2,6H2,(H2,7,8)(H,9,10);4H,1-3,6-7H2,(H,8,9);1-2H2,(H,7,8)(H,9,10). The first-order valence-electron chi connectivity index (χ1n) is 8.19. The van der Waals surface area contributed by atoms with Crippen LogP contribution in [0.25, 0.3) is 0 Å². The van der Waals surface area contributed by atoms with Crippen molar-refractivity contribution in [3.05, 3.63) is 0 Å². The molecule has 0 aromatic rings. The topological polar surface area (TPSA) is 287 Å². The molecule has 168 valence electrons. The average molecular weight is 424 g/mol. The third-order valence-corrected chi connectivity index (χ3v) is 2.86. The normalized spacial score (nSPS) is 11.4.